The number of nitrogens with zero attached hydrogens (tertiary/aromatic N) is 2. The van der Waals surface area contributed by atoms with Gasteiger partial charge in [0.05, 0.1) is 13.7 Å². The number of ether oxygens (including phenoxy) is 2. The second-order valence-electron chi connectivity index (χ2n) is 5.09. The summed E-state index contributed by atoms with van der Waals surface area (Å²) in [7, 11) is 1.59. The Morgan fingerprint density at radius 2 is 1.91 bits per heavy atom. The van der Waals surface area contributed by atoms with Crippen molar-refractivity contribution in [3.05, 3.63) is 29.8 Å². The summed E-state index contributed by atoms with van der Waals surface area (Å²) >= 11 is 0. The summed E-state index contributed by atoms with van der Waals surface area (Å²) in [5.41, 5.74) is 0.921. The van der Waals surface area contributed by atoms with Crippen molar-refractivity contribution in [2.45, 2.75) is 19.9 Å². The van der Waals surface area contributed by atoms with E-state index in [0.717, 1.165) is 16.2 Å². The van der Waals surface area contributed by atoms with Crippen LogP contribution in [0, 0.1) is 0 Å². The Bertz CT molecular complexity index is 585. The zero-order valence-corrected chi connectivity index (χ0v) is 13.3. The summed E-state index contributed by atoms with van der Waals surface area (Å²) in [6.07, 6.45) is 0.196. The third-order valence-corrected chi connectivity index (χ3v) is 3.52. The SMILES string of the molecule is CCOC(=O)CN1C(=O)CCN(Cc2ccc(OC)cc2)C1=O. The second kappa shape index (κ2) is 7.62. The van der Waals surface area contributed by atoms with E-state index in [0.29, 0.717) is 13.1 Å². The molecule has 1 heterocycles. The third kappa shape index (κ3) is 4.21. The number of carbonyl (C=O) groups is 3. The van der Waals surface area contributed by atoms with Crippen LogP contribution in [0.4, 0.5) is 4.79 Å². The smallest absolute Gasteiger partial charge is 0.327 e. The highest BCUT2D eigenvalue weighted by atomic mass is 16.5. The Morgan fingerprint density at radius 1 is 1.22 bits per heavy atom. The molecule has 2 rings (SSSR count). The summed E-state index contributed by atoms with van der Waals surface area (Å²) in [5, 5.41) is 0. The van der Waals surface area contributed by atoms with Crippen LogP contribution < -0.4 is 4.74 Å². The largest absolute Gasteiger partial charge is 0.497 e. The summed E-state index contributed by atoms with van der Waals surface area (Å²) < 4.78 is 9.90. The molecule has 0 bridgehead atoms. The average Bonchev–Trinajstić information content (AvgIpc) is 2.55. The van der Waals surface area contributed by atoms with Crippen LogP contribution in [-0.4, -0.2) is 54.5 Å². The van der Waals surface area contributed by atoms with Gasteiger partial charge in [0.25, 0.3) is 0 Å². The molecule has 7 nitrogen and oxygen atoms in total. The molecule has 3 amide bonds. The molecule has 0 N–H and O–H groups in total. The Hall–Kier alpha value is -2.57. The van der Waals surface area contributed by atoms with Crippen LogP contribution in [0.5, 0.6) is 5.75 Å². The van der Waals surface area contributed by atoms with Crippen molar-refractivity contribution < 1.29 is 23.9 Å². The van der Waals surface area contributed by atoms with Crippen molar-refractivity contribution >= 4 is 17.9 Å². The van der Waals surface area contributed by atoms with Gasteiger partial charge in [-0.25, -0.2) is 4.79 Å². The zero-order chi connectivity index (χ0) is 16.8. The van der Waals surface area contributed by atoms with Crippen LogP contribution in [0.25, 0.3) is 0 Å². The van der Waals surface area contributed by atoms with Crippen LogP contribution in [0.1, 0.15) is 18.9 Å². The average molecular weight is 320 g/mol. The molecule has 0 radical (unpaired) electrons. The maximum Gasteiger partial charge on any atom is 0.327 e. The van der Waals surface area contributed by atoms with E-state index in [9.17, 15) is 14.4 Å². The van der Waals surface area contributed by atoms with Crippen LogP contribution in [0.3, 0.4) is 0 Å². The first kappa shape index (κ1) is 16.8. The minimum atomic E-state index is -0.583. The van der Waals surface area contributed by atoms with Crippen molar-refractivity contribution in [3.63, 3.8) is 0 Å². The van der Waals surface area contributed by atoms with E-state index in [-0.39, 0.29) is 25.5 Å². The van der Waals surface area contributed by atoms with Crippen molar-refractivity contribution in [2.75, 3.05) is 26.8 Å². The van der Waals surface area contributed by atoms with Crippen LogP contribution in [0.2, 0.25) is 0 Å². The van der Waals surface area contributed by atoms with Gasteiger partial charge in [0.1, 0.15) is 12.3 Å². The number of amides is 3. The van der Waals surface area contributed by atoms with Gasteiger partial charge in [-0.15, -0.1) is 0 Å². The van der Waals surface area contributed by atoms with Gasteiger partial charge in [-0.1, -0.05) is 12.1 Å². The third-order valence-electron chi connectivity index (χ3n) is 3.52. The molecule has 0 unspecified atom stereocenters. The summed E-state index contributed by atoms with van der Waals surface area (Å²) in [6.45, 7) is 2.25. The van der Waals surface area contributed by atoms with Crippen LogP contribution in [-0.2, 0) is 20.9 Å². The summed E-state index contributed by atoms with van der Waals surface area (Å²) in [4.78, 5) is 38.3. The van der Waals surface area contributed by atoms with Crippen LogP contribution >= 0.6 is 0 Å². The number of hydrogen-bond acceptors (Lipinski definition) is 5. The first-order valence-corrected chi connectivity index (χ1v) is 7.43. The van der Waals surface area contributed by atoms with Crippen molar-refractivity contribution in [1.82, 2.24) is 9.80 Å². The van der Waals surface area contributed by atoms with E-state index in [1.165, 1.54) is 0 Å². The summed E-state index contributed by atoms with van der Waals surface area (Å²) in [5.74, 6) is -0.202. The van der Waals surface area contributed by atoms with E-state index in [1.54, 1.807) is 18.9 Å². The number of hydrogen-bond donors (Lipinski definition) is 0. The van der Waals surface area contributed by atoms with Gasteiger partial charge < -0.3 is 14.4 Å². The minimum absolute atomic E-state index is 0.196. The number of methoxy groups -OCH3 is 1. The van der Waals surface area contributed by atoms with Crippen molar-refractivity contribution in [2.24, 2.45) is 0 Å². The number of benzene rings is 1. The van der Waals surface area contributed by atoms with Gasteiger partial charge in [0, 0.05) is 19.5 Å². The molecular weight excluding hydrogens is 300 g/mol. The number of rotatable bonds is 6. The molecule has 1 aliphatic heterocycles. The van der Waals surface area contributed by atoms with Gasteiger partial charge in [0.15, 0.2) is 0 Å². The standard InChI is InChI=1S/C16H20N2O5/c1-3-23-15(20)11-18-14(19)8-9-17(16(18)21)10-12-4-6-13(22-2)7-5-12/h4-7H,3,8-11H2,1-2H3. The number of esters is 1. The fourth-order valence-corrected chi connectivity index (χ4v) is 2.33. The molecule has 124 valence electrons. The highest BCUT2D eigenvalue weighted by Crippen LogP contribution is 2.17. The van der Waals surface area contributed by atoms with Gasteiger partial charge >= 0.3 is 12.0 Å². The fraction of sp³-hybridized carbons (Fsp3) is 0.438. The predicted octanol–water partition coefficient (Wildman–Crippen LogP) is 1.41. The number of imide groups is 1. The lowest BCUT2D eigenvalue weighted by Gasteiger charge is -2.33. The first-order valence-electron chi connectivity index (χ1n) is 7.43. The predicted molar refractivity (Wildman–Crippen MR) is 81.8 cm³/mol. The van der Waals surface area contributed by atoms with Crippen LogP contribution in [0.15, 0.2) is 24.3 Å². The number of urea groups is 1. The van der Waals surface area contributed by atoms with E-state index in [2.05, 4.69) is 0 Å². The molecule has 1 saturated heterocycles. The van der Waals surface area contributed by atoms with Gasteiger partial charge in [0.2, 0.25) is 5.91 Å². The van der Waals surface area contributed by atoms with E-state index < -0.39 is 12.0 Å². The van der Waals surface area contributed by atoms with Crippen molar-refractivity contribution in [1.29, 1.82) is 0 Å². The van der Waals surface area contributed by atoms with E-state index >= 15 is 0 Å². The van der Waals surface area contributed by atoms with Gasteiger partial charge in [-0.2, -0.15) is 0 Å². The Morgan fingerprint density at radius 3 is 2.52 bits per heavy atom. The lowest BCUT2D eigenvalue weighted by atomic mass is 10.2. The molecular formula is C16H20N2O5. The second-order valence-corrected chi connectivity index (χ2v) is 5.09. The Kier molecular flexibility index (Phi) is 5.56. The molecule has 1 aromatic rings. The fourth-order valence-electron chi connectivity index (χ4n) is 2.33. The van der Waals surface area contributed by atoms with Crippen molar-refractivity contribution in [3.8, 4) is 5.75 Å². The summed E-state index contributed by atoms with van der Waals surface area (Å²) in [6, 6.07) is 6.87. The number of carbonyl (C=O) groups excluding carboxylic acids is 3. The molecule has 1 aliphatic rings. The molecule has 7 heteroatoms. The quantitative estimate of drug-likeness (QED) is 0.741. The molecule has 1 fully saturated rings. The maximum absolute atomic E-state index is 12.4. The highest BCUT2D eigenvalue weighted by molar-refractivity contribution is 5.99. The molecule has 0 atom stereocenters. The minimum Gasteiger partial charge on any atom is -0.497 e. The Labute approximate surface area is 134 Å². The van der Waals surface area contributed by atoms with E-state index in [1.807, 2.05) is 24.3 Å². The molecule has 1 aromatic carbocycles. The first-order chi connectivity index (χ1) is 11.0. The lowest BCUT2D eigenvalue weighted by molar-refractivity contribution is -0.148. The molecule has 0 aliphatic carbocycles. The van der Waals surface area contributed by atoms with Gasteiger partial charge in [-0.05, 0) is 24.6 Å². The van der Waals surface area contributed by atoms with E-state index in [4.69, 9.17) is 9.47 Å². The maximum atomic E-state index is 12.4. The monoisotopic (exact) mass is 320 g/mol. The lowest BCUT2D eigenvalue weighted by Crippen LogP contribution is -2.53. The molecule has 0 aromatic heterocycles. The van der Waals surface area contributed by atoms with Gasteiger partial charge in [-0.3, -0.25) is 14.5 Å². The highest BCUT2D eigenvalue weighted by Gasteiger charge is 2.33. The zero-order valence-electron chi connectivity index (χ0n) is 13.3. The Balaban J connectivity index is 2.03. The topological polar surface area (TPSA) is 76.2 Å². The normalized spacial score (nSPS) is 14.9. The molecule has 0 saturated carbocycles. The molecule has 23 heavy (non-hydrogen) atoms. The molecule has 0 spiro atoms.